The van der Waals surface area contributed by atoms with Crippen LogP contribution in [-0.4, -0.2) is 35.3 Å². The van der Waals surface area contributed by atoms with Gasteiger partial charge in [0, 0.05) is 13.0 Å². The minimum absolute atomic E-state index is 0.175. The summed E-state index contributed by atoms with van der Waals surface area (Å²) in [5, 5.41) is 2.30. The molecule has 1 N–H and O–H groups in total. The molecule has 1 aromatic rings. The summed E-state index contributed by atoms with van der Waals surface area (Å²) in [7, 11) is 0. The quantitative estimate of drug-likeness (QED) is 0.674. The molecule has 6 nitrogen and oxygen atoms in total. The topological polar surface area (TPSA) is 75.7 Å². The maximum Gasteiger partial charge on any atom is 0.255 e. The first kappa shape index (κ1) is 15.3. The Balaban J connectivity index is 1.86. The Labute approximate surface area is 134 Å². The second kappa shape index (κ2) is 6.24. The van der Waals surface area contributed by atoms with Gasteiger partial charge in [0.15, 0.2) is 0 Å². The van der Waals surface area contributed by atoms with E-state index in [4.69, 9.17) is 4.74 Å². The lowest BCUT2D eigenvalue weighted by atomic mass is 10.0. The highest BCUT2D eigenvalue weighted by atomic mass is 16.5. The Morgan fingerprint density at radius 3 is 2.91 bits per heavy atom. The van der Waals surface area contributed by atoms with Gasteiger partial charge < -0.3 is 9.64 Å². The number of benzene rings is 1. The van der Waals surface area contributed by atoms with E-state index < -0.39 is 11.9 Å². The average Bonchev–Trinajstić information content (AvgIpc) is 2.85. The Morgan fingerprint density at radius 1 is 1.35 bits per heavy atom. The van der Waals surface area contributed by atoms with Crippen LogP contribution in [0.25, 0.3) is 6.08 Å². The monoisotopic (exact) mass is 314 g/mol. The summed E-state index contributed by atoms with van der Waals surface area (Å²) >= 11 is 0. The lowest BCUT2D eigenvalue weighted by Crippen LogP contribution is -2.52. The number of rotatable bonds is 4. The van der Waals surface area contributed by atoms with Crippen molar-refractivity contribution in [2.45, 2.75) is 32.4 Å². The molecule has 6 heteroatoms. The number of piperidine rings is 1. The predicted octanol–water partition coefficient (Wildman–Crippen LogP) is 1.45. The van der Waals surface area contributed by atoms with Crippen molar-refractivity contribution >= 4 is 23.8 Å². The van der Waals surface area contributed by atoms with Gasteiger partial charge in [-0.05, 0) is 30.5 Å². The number of amides is 3. The van der Waals surface area contributed by atoms with Gasteiger partial charge in [0.05, 0.1) is 18.4 Å². The van der Waals surface area contributed by atoms with Crippen molar-refractivity contribution in [2.75, 3.05) is 6.61 Å². The first-order chi connectivity index (χ1) is 11.1. The minimum Gasteiger partial charge on any atom is -0.501 e. The smallest absolute Gasteiger partial charge is 0.255 e. The number of carbonyl (C=O) groups is 3. The first-order valence-electron chi connectivity index (χ1n) is 7.66. The van der Waals surface area contributed by atoms with E-state index >= 15 is 0 Å². The van der Waals surface area contributed by atoms with Crippen LogP contribution < -0.4 is 5.32 Å². The van der Waals surface area contributed by atoms with Crippen molar-refractivity contribution in [2.24, 2.45) is 0 Å². The summed E-state index contributed by atoms with van der Waals surface area (Å²) in [6, 6.07) is 5.03. The second-order valence-electron chi connectivity index (χ2n) is 5.54. The molecule has 1 unspecified atom stereocenters. The molecule has 0 radical (unpaired) electrons. The first-order valence-corrected chi connectivity index (χ1v) is 7.66. The zero-order valence-corrected chi connectivity index (χ0v) is 12.9. The molecule has 1 atom stereocenters. The molecule has 2 aliphatic rings. The fraction of sp³-hybridized carbons (Fsp3) is 0.353. The Morgan fingerprint density at radius 2 is 2.17 bits per heavy atom. The number of fused-ring (bicyclic) bond motifs is 1. The molecule has 0 spiro atoms. The van der Waals surface area contributed by atoms with Gasteiger partial charge in [-0.1, -0.05) is 18.2 Å². The molecular formula is C17H18N2O4. The average molecular weight is 314 g/mol. The van der Waals surface area contributed by atoms with Crippen molar-refractivity contribution < 1.29 is 19.1 Å². The van der Waals surface area contributed by atoms with Crippen LogP contribution in [0.15, 0.2) is 24.5 Å². The van der Waals surface area contributed by atoms with Gasteiger partial charge in [0.2, 0.25) is 11.8 Å². The molecule has 120 valence electrons. The maximum absolute atomic E-state index is 12.8. The van der Waals surface area contributed by atoms with Crippen LogP contribution in [0.4, 0.5) is 0 Å². The van der Waals surface area contributed by atoms with E-state index in [1.807, 2.05) is 25.1 Å². The summed E-state index contributed by atoms with van der Waals surface area (Å²) < 4.78 is 5.20. The molecule has 23 heavy (non-hydrogen) atoms. The standard InChI is InChI=1S/C17H18N2O4/c1-2-23-9-8-11-4-3-5-12-10-19(17(22)15(11)12)13-6-7-14(20)18-16(13)21/h3-5,8-9,13H,2,6-7,10H2,1H3,(H,18,20,21)/b9-8-. The van der Waals surface area contributed by atoms with Crippen molar-refractivity contribution in [3.8, 4) is 0 Å². The number of ether oxygens (including phenoxy) is 1. The third kappa shape index (κ3) is 2.84. The Hall–Kier alpha value is -2.63. The fourth-order valence-corrected chi connectivity index (χ4v) is 3.00. The Kier molecular flexibility index (Phi) is 4.14. The molecule has 1 aromatic carbocycles. The number of carbonyl (C=O) groups excluding carboxylic acids is 3. The number of hydrogen-bond donors (Lipinski definition) is 1. The van der Waals surface area contributed by atoms with Crippen LogP contribution in [0.2, 0.25) is 0 Å². The van der Waals surface area contributed by atoms with Crippen LogP contribution in [-0.2, 0) is 20.9 Å². The Bertz CT molecular complexity index is 696. The van der Waals surface area contributed by atoms with Crippen LogP contribution in [0.1, 0.15) is 41.3 Å². The van der Waals surface area contributed by atoms with Crippen LogP contribution in [0.3, 0.4) is 0 Å². The normalized spacial score (nSPS) is 20.8. The summed E-state index contributed by atoms with van der Waals surface area (Å²) in [5.41, 5.74) is 2.27. The summed E-state index contributed by atoms with van der Waals surface area (Å²) in [6.45, 7) is 2.83. The maximum atomic E-state index is 12.8. The molecule has 2 aliphatic heterocycles. The second-order valence-corrected chi connectivity index (χ2v) is 5.54. The number of imide groups is 1. The summed E-state index contributed by atoms with van der Waals surface area (Å²) in [6.07, 6.45) is 3.95. The third-order valence-electron chi connectivity index (χ3n) is 4.10. The van der Waals surface area contributed by atoms with E-state index in [0.29, 0.717) is 25.1 Å². The van der Waals surface area contributed by atoms with Crippen LogP contribution >= 0.6 is 0 Å². The van der Waals surface area contributed by atoms with E-state index in [2.05, 4.69) is 5.32 Å². The van der Waals surface area contributed by atoms with Crippen LogP contribution in [0, 0.1) is 0 Å². The van der Waals surface area contributed by atoms with Gasteiger partial charge in [-0.3, -0.25) is 19.7 Å². The van der Waals surface area contributed by atoms with Gasteiger partial charge in [0.25, 0.3) is 5.91 Å². The van der Waals surface area contributed by atoms with Crippen molar-refractivity contribution in [3.05, 3.63) is 41.2 Å². The molecule has 1 saturated heterocycles. The minimum atomic E-state index is -0.587. The zero-order chi connectivity index (χ0) is 16.4. The van der Waals surface area contributed by atoms with Crippen molar-refractivity contribution in [1.82, 2.24) is 10.2 Å². The predicted molar refractivity (Wildman–Crippen MR) is 83.1 cm³/mol. The van der Waals surface area contributed by atoms with Gasteiger partial charge >= 0.3 is 0 Å². The SMILES string of the molecule is CCO/C=C\c1cccc2c1C(=O)N(C1CCC(=O)NC1=O)C2. The number of hydrogen-bond acceptors (Lipinski definition) is 4. The van der Waals surface area contributed by atoms with Crippen molar-refractivity contribution in [3.63, 3.8) is 0 Å². The van der Waals surface area contributed by atoms with E-state index in [1.54, 1.807) is 17.2 Å². The van der Waals surface area contributed by atoms with E-state index in [1.165, 1.54) is 0 Å². The largest absolute Gasteiger partial charge is 0.501 e. The van der Waals surface area contributed by atoms with Gasteiger partial charge in [0.1, 0.15) is 6.04 Å². The summed E-state index contributed by atoms with van der Waals surface area (Å²) in [5.74, 6) is -0.851. The molecule has 3 rings (SSSR count). The summed E-state index contributed by atoms with van der Waals surface area (Å²) in [4.78, 5) is 37.6. The van der Waals surface area contributed by atoms with Gasteiger partial charge in [-0.25, -0.2) is 0 Å². The van der Waals surface area contributed by atoms with Crippen LogP contribution in [0.5, 0.6) is 0 Å². The number of nitrogens with one attached hydrogen (secondary N) is 1. The molecule has 1 fully saturated rings. The highest BCUT2D eigenvalue weighted by Gasteiger charge is 2.39. The third-order valence-corrected chi connectivity index (χ3v) is 4.10. The highest BCUT2D eigenvalue weighted by molar-refractivity contribution is 6.06. The lowest BCUT2D eigenvalue weighted by molar-refractivity contribution is -0.136. The fourth-order valence-electron chi connectivity index (χ4n) is 3.00. The van der Waals surface area contributed by atoms with Crippen molar-refractivity contribution in [1.29, 1.82) is 0 Å². The van der Waals surface area contributed by atoms with Gasteiger partial charge in [-0.2, -0.15) is 0 Å². The lowest BCUT2D eigenvalue weighted by Gasteiger charge is -2.29. The molecular weight excluding hydrogens is 296 g/mol. The van der Waals surface area contributed by atoms with E-state index in [0.717, 1.165) is 11.1 Å². The molecule has 3 amide bonds. The molecule has 0 aromatic heterocycles. The number of nitrogens with zero attached hydrogens (tertiary/aromatic N) is 1. The van der Waals surface area contributed by atoms with E-state index in [9.17, 15) is 14.4 Å². The zero-order valence-electron chi connectivity index (χ0n) is 12.9. The molecule has 0 bridgehead atoms. The highest BCUT2D eigenvalue weighted by Crippen LogP contribution is 2.30. The van der Waals surface area contributed by atoms with E-state index in [-0.39, 0.29) is 18.2 Å². The molecule has 0 aliphatic carbocycles. The molecule has 2 heterocycles. The molecule has 0 saturated carbocycles. The van der Waals surface area contributed by atoms with Gasteiger partial charge in [-0.15, -0.1) is 0 Å².